The van der Waals surface area contributed by atoms with Crippen molar-refractivity contribution < 1.29 is 9.21 Å². The molecule has 1 fully saturated rings. The largest absolute Gasteiger partial charge is 0.441 e. The van der Waals surface area contributed by atoms with E-state index in [4.69, 9.17) is 4.42 Å². The van der Waals surface area contributed by atoms with Gasteiger partial charge in [-0.15, -0.1) is 0 Å². The lowest BCUT2D eigenvalue weighted by molar-refractivity contribution is -0.125. The summed E-state index contributed by atoms with van der Waals surface area (Å²) in [5, 5.41) is 6.31. The molecule has 1 unspecified atom stereocenters. The second-order valence-corrected chi connectivity index (χ2v) is 5.94. The van der Waals surface area contributed by atoms with Crippen LogP contribution in [-0.4, -0.2) is 24.0 Å². The number of aryl methyl sites for hydroxylation is 1. The maximum absolute atomic E-state index is 12.5. The van der Waals surface area contributed by atoms with Gasteiger partial charge >= 0.3 is 0 Å². The highest BCUT2D eigenvalue weighted by molar-refractivity contribution is 5.96. The van der Waals surface area contributed by atoms with E-state index < -0.39 is 0 Å². The van der Waals surface area contributed by atoms with Crippen molar-refractivity contribution in [2.75, 3.05) is 18.4 Å². The van der Waals surface area contributed by atoms with Crippen molar-refractivity contribution in [3.63, 3.8) is 0 Å². The summed E-state index contributed by atoms with van der Waals surface area (Å²) in [5.74, 6) is 0.783. The molecule has 1 amide bonds. The summed E-state index contributed by atoms with van der Waals surface area (Å²) < 4.78 is 5.58. The Morgan fingerprint density at radius 1 is 1.52 bits per heavy atom. The van der Waals surface area contributed by atoms with Crippen molar-refractivity contribution in [2.24, 2.45) is 5.41 Å². The number of carbonyl (C=O) groups excluding carboxylic acids is 1. The van der Waals surface area contributed by atoms with Gasteiger partial charge in [0.2, 0.25) is 5.91 Å². The van der Waals surface area contributed by atoms with Crippen LogP contribution >= 0.6 is 0 Å². The van der Waals surface area contributed by atoms with Crippen LogP contribution in [0.5, 0.6) is 0 Å². The van der Waals surface area contributed by atoms with Crippen molar-refractivity contribution in [1.29, 1.82) is 0 Å². The first-order valence-electron chi connectivity index (χ1n) is 7.52. The molecule has 1 aromatic heterocycles. The molecule has 5 nitrogen and oxygen atoms in total. The van der Waals surface area contributed by atoms with Crippen molar-refractivity contribution in [3.8, 4) is 0 Å². The Balaban J connectivity index is 1.79. The van der Waals surface area contributed by atoms with Crippen molar-refractivity contribution in [1.82, 2.24) is 10.3 Å². The zero-order valence-electron chi connectivity index (χ0n) is 12.5. The van der Waals surface area contributed by atoms with Crippen LogP contribution in [0.15, 0.2) is 22.6 Å². The quantitative estimate of drug-likeness (QED) is 0.911. The second kappa shape index (κ2) is 5.48. The molecule has 2 N–H and O–H groups in total. The van der Waals surface area contributed by atoms with Gasteiger partial charge in [0.05, 0.1) is 5.41 Å². The van der Waals surface area contributed by atoms with Gasteiger partial charge in [-0.1, -0.05) is 6.92 Å². The van der Waals surface area contributed by atoms with Gasteiger partial charge in [-0.3, -0.25) is 4.79 Å². The number of rotatable bonds is 3. The fraction of sp³-hybridized carbons (Fsp3) is 0.500. The molecule has 2 heterocycles. The summed E-state index contributed by atoms with van der Waals surface area (Å²) in [4.78, 5) is 16.9. The molecule has 1 aromatic carbocycles. The first-order valence-corrected chi connectivity index (χ1v) is 7.52. The Bertz CT molecular complexity index is 657. The van der Waals surface area contributed by atoms with Gasteiger partial charge < -0.3 is 15.1 Å². The van der Waals surface area contributed by atoms with Crippen LogP contribution in [0.25, 0.3) is 11.1 Å². The predicted molar refractivity (Wildman–Crippen MR) is 82.2 cm³/mol. The van der Waals surface area contributed by atoms with Gasteiger partial charge in [-0.2, -0.15) is 0 Å². The molecule has 1 saturated heterocycles. The number of oxazole rings is 1. The van der Waals surface area contributed by atoms with Crippen LogP contribution in [0.1, 0.15) is 32.6 Å². The number of hydrogen-bond donors (Lipinski definition) is 2. The van der Waals surface area contributed by atoms with Gasteiger partial charge in [-0.05, 0) is 44.5 Å². The molecule has 21 heavy (non-hydrogen) atoms. The van der Waals surface area contributed by atoms with Gasteiger partial charge in [0.25, 0.3) is 0 Å². The Kier molecular flexibility index (Phi) is 3.68. The van der Waals surface area contributed by atoms with Gasteiger partial charge in [0, 0.05) is 18.7 Å². The molecular formula is C16H21N3O2. The van der Waals surface area contributed by atoms with Crippen LogP contribution in [0.2, 0.25) is 0 Å². The molecule has 0 spiro atoms. The number of amides is 1. The lowest BCUT2D eigenvalue weighted by atomic mass is 9.82. The number of piperidine rings is 1. The molecule has 0 radical (unpaired) electrons. The number of anilines is 1. The molecule has 2 aromatic rings. The summed E-state index contributed by atoms with van der Waals surface area (Å²) in [7, 11) is 0. The van der Waals surface area contributed by atoms with E-state index in [1.54, 1.807) is 0 Å². The number of hydrogen-bond acceptors (Lipinski definition) is 4. The zero-order valence-corrected chi connectivity index (χ0v) is 12.5. The third kappa shape index (κ3) is 2.78. The first kappa shape index (κ1) is 14.1. The summed E-state index contributed by atoms with van der Waals surface area (Å²) in [6.07, 6.45) is 2.71. The van der Waals surface area contributed by atoms with Crippen molar-refractivity contribution in [2.45, 2.75) is 33.1 Å². The van der Waals surface area contributed by atoms with E-state index in [2.05, 4.69) is 15.6 Å². The average Bonchev–Trinajstić information content (AvgIpc) is 2.90. The van der Waals surface area contributed by atoms with Gasteiger partial charge in [0.15, 0.2) is 11.5 Å². The molecule has 5 heteroatoms. The van der Waals surface area contributed by atoms with E-state index >= 15 is 0 Å². The fourth-order valence-electron chi connectivity index (χ4n) is 2.74. The highest BCUT2D eigenvalue weighted by Crippen LogP contribution is 2.28. The van der Waals surface area contributed by atoms with E-state index in [0.717, 1.165) is 55.0 Å². The van der Waals surface area contributed by atoms with Crippen LogP contribution < -0.4 is 10.6 Å². The highest BCUT2D eigenvalue weighted by atomic mass is 16.3. The molecule has 0 bridgehead atoms. The van der Waals surface area contributed by atoms with E-state index in [9.17, 15) is 4.79 Å². The number of aromatic nitrogens is 1. The normalized spacial score (nSPS) is 22.4. The summed E-state index contributed by atoms with van der Waals surface area (Å²) in [5.41, 5.74) is 1.98. The molecule has 0 aliphatic carbocycles. The number of nitrogens with zero attached hydrogens (tertiary/aromatic N) is 1. The lowest BCUT2D eigenvalue weighted by Crippen LogP contribution is -2.46. The minimum atomic E-state index is -0.342. The number of nitrogens with one attached hydrogen (secondary N) is 2. The van der Waals surface area contributed by atoms with E-state index in [0.29, 0.717) is 0 Å². The van der Waals surface area contributed by atoms with Gasteiger partial charge in [-0.25, -0.2) is 4.98 Å². The maximum Gasteiger partial charge on any atom is 0.231 e. The van der Waals surface area contributed by atoms with Gasteiger partial charge in [0.1, 0.15) is 5.52 Å². The van der Waals surface area contributed by atoms with Crippen LogP contribution in [0.3, 0.4) is 0 Å². The molecule has 1 aliphatic heterocycles. The summed E-state index contributed by atoms with van der Waals surface area (Å²) >= 11 is 0. The molecule has 1 atom stereocenters. The standard InChI is InChI=1S/C16H21N3O2/c1-3-14-19-12-9-11(5-6-13(12)21-14)18-15(20)16(2)7-4-8-17-10-16/h5-6,9,17H,3-4,7-8,10H2,1-2H3,(H,18,20). The highest BCUT2D eigenvalue weighted by Gasteiger charge is 2.34. The van der Waals surface area contributed by atoms with E-state index in [1.165, 1.54) is 0 Å². The number of benzene rings is 1. The second-order valence-electron chi connectivity index (χ2n) is 5.94. The monoisotopic (exact) mass is 287 g/mol. The predicted octanol–water partition coefficient (Wildman–Crippen LogP) is 2.72. The van der Waals surface area contributed by atoms with Crippen LogP contribution in [-0.2, 0) is 11.2 Å². The third-order valence-electron chi connectivity index (χ3n) is 4.14. The molecule has 0 saturated carbocycles. The fourth-order valence-corrected chi connectivity index (χ4v) is 2.74. The van der Waals surface area contributed by atoms with Crippen molar-refractivity contribution in [3.05, 3.63) is 24.1 Å². The smallest absolute Gasteiger partial charge is 0.231 e. The SMILES string of the molecule is CCc1nc2cc(NC(=O)C3(C)CCCNC3)ccc2o1. The summed E-state index contributed by atoms with van der Waals surface area (Å²) in [6, 6.07) is 5.60. The zero-order chi connectivity index (χ0) is 14.9. The molecular weight excluding hydrogens is 266 g/mol. The van der Waals surface area contributed by atoms with Crippen LogP contribution in [0, 0.1) is 5.41 Å². The Morgan fingerprint density at radius 2 is 2.38 bits per heavy atom. The maximum atomic E-state index is 12.5. The Hall–Kier alpha value is -1.88. The lowest BCUT2D eigenvalue weighted by Gasteiger charge is -2.32. The number of carbonyl (C=O) groups is 1. The average molecular weight is 287 g/mol. The van der Waals surface area contributed by atoms with E-state index in [1.807, 2.05) is 32.0 Å². The Labute approximate surface area is 124 Å². The molecule has 1 aliphatic rings. The number of fused-ring (bicyclic) bond motifs is 1. The third-order valence-corrected chi connectivity index (χ3v) is 4.14. The molecule has 112 valence electrons. The topological polar surface area (TPSA) is 67.2 Å². The van der Waals surface area contributed by atoms with Crippen molar-refractivity contribution >= 4 is 22.7 Å². The minimum Gasteiger partial charge on any atom is -0.441 e. The first-order chi connectivity index (χ1) is 10.1. The molecule has 3 rings (SSSR count). The Morgan fingerprint density at radius 3 is 3.10 bits per heavy atom. The van der Waals surface area contributed by atoms with E-state index in [-0.39, 0.29) is 11.3 Å². The minimum absolute atomic E-state index is 0.0632. The summed E-state index contributed by atoms with van der Waals surface area (Å²) in [6.45, 7) is 5.74. The van der Waals surface area contributed by atoms with Crippen LogP contribution in [0.4, 0.5) is 5.69 Å².